The number of nitrogens with one attached hydrogen (secondary N) is 1. The lowest BCUT2D eigenvalue weighted by Crippen LogP contribution is -2.27. The molecular formula is C17H27NO. The van der Waals surface area contributed by atoms with E-state index < -0.39 is 0 Å². The summed E-state index contributed by atoms with van der Waals surface area (Å²) in [5.41, 5.74) is 5.55. The van der Waals surface area contributed by atoms with Gasteiger partial charge in [-0.1, -0.05) is 24.1 Å². The van der Waals surface area contributed by atoms with Gasteiger partial charge in [0.1, 0.15) is 0 Å². The Labute approximate surface area is 117 Å². The van der Waals surface area contributed by atoms with Gasteiger partial charge in [0.2, 0.25) is 0 Å². The molecule has 0 bridgehead atoms. The molecule has 0 saturated heterocycles. The highest BCUT2D eigenvalue weighted by atomic mass is 16.3. The van der Waals surface area contributed by atoms with E-state index in [2.05, 4.69) is 38.2 Å². The summed E-state index contributed by atoms with van der Waals surface area (Å²) in [4.78, 5) is 0. The fourth-order valence-corrected chi connectivity index (χ4v) is 3.49. The quantitative estimate of drug-likeness (QED) is 0.853. The Kier molecular flexibility index (Phi) is 5.00. The molecule has 0 spiro atoms. The van der Waals surface area contributed by atoms with E-state index >= 15 is 0 Å². The number of aliphatic hydroxyl groups is 1. The van der Waals surface area contributed by atoms with E-state index in [1.54, 1.807) is 0 Å². The lowest BCUT2D eigenvalue weighted by atomic mass is 9.96. The van der Waals surface area contributed by atoms with Gasteiger partial charge in [0, 0.05) is 13.2 Å². The first-order valence-corrected chi connectivity index (χ1v) is 7.50. The summed E-state index contributed by atoms with van der Waals surface area (Å²) in [6, 6.07) is 4.52. The van der Waals surface area contributed by atoms with E-state index in [9.17, 15) is 5.11 Å². The number of hydrogen-bond donors (Lipinski definition) is 2. The first kappa shape index (κ1) is 14.5. The van der Waals surface area contributed by atoms with Crippen molar-refractivity contribution in [3.8, 4) is 0 Å². The second-order valence-corrected chi connectivity index (χ2v) is 6.14. The van der Waals surface area contributed by atoms with Gasteiger partial charge in [-0.2, -0.15) is 0 Å². The topological polar surface area (TPSA) is 32.3 Å². The van der Waals surface area contributed by atoms with Gasteiger partial charge in [-0.3, -0.25) is 0 Å². The second-order valence-electron chi connectivity index (χ2n) is 6.14. The third-order valence-electron chi connectivity index (χ3n) is 4.60. The van der Waals surface area contributed by atoms with Crippen LogP contribution in [-0.4, -0.2) is 18.3 Å². The Balaban J connectivity index is 1.89. The first-order valence-electron chi connectivity index (χ1n) is 7.50. The highest BCUT2D eigenvalue weighted by Crippen LogP contribution is 2.30. The Morgan fingerprint density at radius 1 is 1.11 bits per heavy atom. The maximum Gasteiger partial charge on any atom is 0.0462 e. The average Bonchev–Trinajstić information content (AvgIpc) is 2.79. The van der Waals surface area contributed by atoms with Gasteiger partial charge in [-0.15, -0.1) is 0 Å². The van der Waals surface area contributed by atoms with E-state index in [0.717, 1.165) is 13.1 Å². The number of benzene rings is 1. The fourth-order valence-electron chi connectivity index (χ4n) is 3.49. The molecule has 0 aromatic heterocycles. The third kappa shape index (κ3) is 3.58. The van der Waals surface area contributed by atoms with Crippen LogP contribution in [0.2, 0.25) is 0 Å². The van der Waals surface area contributed by atoms with Crippen molar-refractivity contribution in [2.24, 2.45) is 11.8 Å². The maximum absolute atomic E-state index is 9.34. The maximum atomic E-state index is 9.34. The van der Waals surface area contributed by atoms with Crippen LogP contribution in [0.15, 0.2) is 12.1 Å². The predicted molar refractivity (Wildman–Crippen MR) is 80.3 cm³/mol. The molecule has 1 aliphatic carbocycles. The summed E-state index contributed by atoms with van der Waals surface area (Å²) in [5.74, 6) is 1.18. The van der Waals surface area contributed by atoms with Crippen LogP contribution < -0.4 is 5.32 Å². The largest absolute Gasteiger partial charge is 0.396 e. The molecule has 0 amide bonds. The molecule has 1 aromatic carbocycles. The Morgan fingerprint density at radius 3 is 2.37 bits per heavy atom. The van der Waals surface area contributed by atoms with Crippen LogP contribution in [0.1, 0.15) is 41.5 Å². The van der Waals surface area contributed by atoms with E-state index in [0.29, 0.717) is 18.4 Å². The average molecular weight is 261 g/mol. The van der Waals surface area contributed by atoms with Crippen molar-refractivity contribution in [3.05, 3.63) is 34.4 Å². The molecule has 2 nitrogen and oxygen atoms in total. The van der Waals surface area contributed by atoms with Crippen LogP contribution in [-0.2, 0) is 6.54 Å². The molecule has 1 saturated carbocycles. The minimum Gasteiger partial charge on any atom is -0.396 e. The zero-order chi connectivity index (χ0) is 13.8. The van der Waals surface area contributed by atoms with Gasteiger partial charge in [0.25, 0.3) is 0 Å². The fraction of sp³-hybridized carbons (Fsp3) is 0.647. The van der Waals surface area contributed by atoms with Gasteiger partial charge in [-0.25, -0.2) is 0 Å². The Bertz CT molecular complexity index is 404. The van der Waals surface area contributed by atoms with Crippen molar-refractivity contribution in [2.45, 2.75) is 46.6 Å². The van der Waals surface area contributed by atoms with Gasteiger partial charge in [-0.05, 0) is 68.7 Å². The first-order chi connectivity index (χ1) is 9.11. The SMILES string of the molecule is Cc1cc(C)c(CNCC2CCCC2CO)c(C)c1. The van der Waals surface area contributed by atoms with Crippen LogP contribution in [0.25, 0.3) is 0 Å². The summed E-state index contributed by atoms with van der Waals surface area (Å²) in [6.45, 7) is 8.90. The van der Waals surface area contributed by atoms with E-state index in [-0.39, 0.29) is 0 Å². The van der Waals surface area contributed by atoms with Gasteiger partial charge < -0.3 is 10.4 Å². The number of aryl methyl sites for hydroxylation is 3. The van der Waals surface area contributed by atoms with E-state index in [4.69, 9.17) is 0 Å². The van der Waals surface area contributed by atoms with Gasteiger partial charge in [0.15, 0.2) is 0 Å². The minimum absolute atomic E-state index is 0.356. The summed E-state index contributed by atoms with van der Waals surface area (Å²) in [7, 11) is 0. The summed E-state index contributed by atoms with van der Waals surface area (Å²) in [5, 5.41) is 12.9. The highest BCUT2D eigenvalue weighted by Gasteiger charge is 2.25. The highest BCUT2D eigenvalue weighted by molar-refractivity contribution is 5.37. The smallest absolute Gasteiger partial charge is 0.0462 e. The summed E-state index contributed by atoms with van der Waals surface area (Å²) >= 11 is 0. The van der Waals surface area contributed by atoms with Crippen molar-refractivity contribution >= 4 is 0 Å². The number of hydrogen-bond acceptors (Lipinski definition) is 2. The van der Waals surface area contributed by atoms with Crippen LogP contribution in [0.3, 0.4) is 0 Å². The summed E-state index contributed by atoms with van der Waals surface area (Å²) < 4.78 is 0. The second kappa shape index (κ2) is 6.53. The van der Waals surface area contributed by atoms with Crippen molar-refractivity contribution in [3.63, 3.8) is 0 Å². The van der Waals surface area contributed by atoms with Crippen molar-refractivity contribution in [1.29, 1.82) is 0 Å². The molecular weight excluding hydrogens is 234 g/mol. The molecule has 0 radical (unpaired) electrons. The molecule has 2 atom stereocenters. The molecule has 2 heteroatoms. The minimum atomic E-state index is 0.356. The van der Waals surface area contributed by atoms with Gasteiger partial charge in [0.05, 0.1) is 0 Å². The standard InChI is InChI=1S/C17H27NO/c1-12-7-13(2)17(14(3)8-12)10-18-9-15-5-4-6-16(15)11-19/h7-8,15-16,18-19H,4-6,9-11H2,1-3H3. The normalized spacial score (nSPS) is 22.9. The Hall–Kier alpha value is -0.860. The number of rotatable bonds is 5. The molecule has 1 fully saturated rings. The van der Waals surface area contributed by atoms with Crippen LogP contribution in [0.4, 0.5) is 0 Å². The van der Waals surface area contributed by atoms with Gasteiger partial charge >= 0.3 is 0 Å². The van der Waals surface area contributed by atoms with Crippen LogP contribution >= 0.6 is 0 Å². The molecule has 1 aliphatic rings. The van der Waals surface area contributed by atoms with E-state index in [1.807, 2.05) is 0 Å². The third-order valence-corrected chi connectivity index (χ3v) is 4.60. The lowest BCUT2D eigenvalue weighted by Gasteiger charge is -2.19. The van der Waals surface area contributed by atoms with Crippen LogP contribution in [0, 0.1) is 32.6 Å². The molecule has 2 unspecified atom stereocenters. The molecule has 2 N–H and O–H groups in total. The molecule has 0 heterocycles. The Morgan fingerprint density at radius 2 is 1.74 bits per heavy atom. The van der Waals surface area contributed by atoms with Crippen molar-refractivity contribution < 1.29 is 5.11 Å². The molecule has 19 heavy (non-hydrogen) atoms. The zero-order valence-electron chi connectivity index (χ0n) is 12.5. The number of aliphatic hydroxyl groups excluding tert-OH is 1. The van der Waals surface area contributed by atoms with E-state index in [1.165, 1.54) is 41.5 Å². The van der Waals surface area contributed by atoms with Crippen molar-refractivity contribution in [1.82, 2.24) is 5.32 Å². The predicted octanol–water partition coefficient (Wildman–Crippen LogP) is 3.11. The molecule has 1 aromatic rings. The molecule has 2 rings (SSSR count). The molecule has 106 valence electrons. The summed E-state index contributed by atoms with van der Waals surface area (Å²) in [6.07, 6.45) is 3.75. The van der Waals surface area contributed by atoms with Crippen molar-refractivity contribution in [2.75, 3.05) is 13.2 Å². The lowest BCUT2D eigenvalue weighted by molar-refractivity contribution is 0.192. The molecule has 0 aliphatic heterocycles. The monoisotopic (exact) mass is 261 g/mol. The van der Waals surface area contributed by atoms with Crippen LogP contribution in [0.5, 0.6) is 0 Å². The zero-order valence-corrected chi connectivity index (χ0v) is 12.5.